The summed E-state index contributed by atoms with van der Waals surface area (Å²) >= 11 is 17.5. The predicted octanol–water partition coefficient (Wildman–Crippen LogP) is 4.50. The van der Waals surface area contributed by atoms with Crippen LogP contribution in [0.3, 0.4) is 0 Å². The van der Waals surface area contributed by atoms with Crippen LogP contribution in [0.5, 0.6) is 0 Å². The fourth-order valence-electron chi connectivity index (χ4n) is 1.35. The Balaban J connectivity index is 2.72. The lowest BCUT2D eigenvalue weighted by Gasteiger charge is -2.10. The normalized spacial score (nSPS) is 11.8. The Morgan fingerprint density at radius 2 is 1.79 bits per heavy atom. The molecular weight excluding hydrogens is 255 g/mol. The van der Waals surface area contributed by atoms with Gasteiger partial charge >= 0.3 is 6.00 Å². The second kappa shape index (κ2) is 4.89. The molecule has 1 aromatic rings. The van der Waals surface area contributed by atoms with Crippen LogP contribution in [-0.4, -0.2) is 6.00 Å². The van der Waals surface area contributed by atoms with Crippen molar-refractivity contribution in [3.63, 3.8) is 0 Å². The molecule has 1 rings (SSSR count). The molecule has 4 heteroatoms. The van der Waals surface area contributed by atoms with E-state index in [1.165, 1.54) is 16.7 Å². The molecule has 0 heterocycles. The maximum atomic E-state index is 5.84. The van der Waals surface area contributed by atoms with E-state index in [4.69, 9.17) is 33.2 Å². The predicted molar refractivity (Wildman–Crippen MR) is 67.7 cm³/mol. The van der Waals surface area contributed by atoms with Crippen LogP contribution in [0.1, 0.15) is 16.7 Å². The molecule has 1 aromatic carbocycles. The van der Waals surface area contributed by atoms with Crippen molar-refractivity contribution in [3.8, 4) is 0 Å². The van der Waals surface area contributed by atoms with Crippen molar-refractivity contribution in [1.82, 2.24) is 0 Å². The third kappa shape index (κ3) is 4.22. The monoisotopic (exact) mass is 266 g/mol. The second-order valence-corrected chi connectivity index (χ2v) is 12.8. The Kier molecular flexibility index (Phi) is 4.32. The van der Waals surface area contributed by atoms with Gasteiger partial charge in [0.15, 0.2) is 0 Å². The summed E-state index contributed by atoms with van der Waals surface area (Å²) < 4.78 is 0. The first-order valence-corrected chi connectivity index (χ1v) is 9.75. The van der Waals surface area contributed by atoms with E-state index in [0.29, 0.717) is 6.04 Å². The minimum Gasteiger partial charge on any atom is -0.126 e. The third-order valence-corrected chi connectivity index (χ3v) is 4.70. The van der Waals surface area contributed by atoms with Gasteiger partial charge in [0.1, 0.15) is 0 Å². The minimum atomic E-state index is -2.46. The molecule has 0 N–H and O–H groups in total. The minimum absolute atomic E-state index is 0.696. The highest BCUT2D eigenvalue weighted by molar-refractivity contribution is 7.64. The Bertz CT molecular complexity index is 318. The van der Waals surface area contributed by atoms with Crippen LogP contribution in [0.4, 0.5) is 0 Å². The number of hydrogen-bond acceptors (Lipinski definition) is 0. The fourth-order valence-corrected chi connectivity index (χ4v) is 2.75. The standard InChI is InChI=1S/C10H13Cl3Si/c1-8-3-4-9(2)10(7-8)5-6-14(11,12)13/h3-4,7H,5-6H2,1-2H3. The number of benzene rings is 1. The van der Waals surface area contributed by atoms with Crippen LogP contribution in [0.15, 0.2) is 18.2 Å². The van der Waals surface area contributed by atoms with Gasteiger partial charge in [-0.05, 0) is 37.4 Å². The third-order valence-electron chi connectivity index (χ3n) is 2.18. The molecule has 0 aliphatic heterocycles. The van der Waals surface area contributed by atoms with Crippen molar-refractivity contribution < 1.29 is 0 Å². The van der Waals surface area contributed by atoms with E-state index in [2.05, 4.69) is 32.0 Å². The molecule has 0 saturated heterocycles. The van der Waals surface area contributed by atoms with Crippen molar-refractivity contribution in [2.75, 3.05) is 0 Å². The van der Waals surface area contributed by atoms with Gasteiger partial charge in [-0.15, -0.1) is 33.2 Å². The van der Waals surface area contributed by atoms with E-state index in [0.717, 1.165) is 6.42 Å². The summed E-state index contributed by atoms with van der Waals surface area (Å²) in [4.78, 5) is 0. The van der Waals surface area contributed by atoms with Crippen molar-refractivity contribution in [3.05, 3.63) is 34.9 Å². The van der Waals surface area contributed by atoms with E-state index in [9.17, 15) is 0 Å². The van der Waals surface area contributed by atoms with Gasteiger partial charge in [0.05, 0.1) is 0 Å². The molecule has 0 nitrogen and oxygen atoms in total. The number of hydrogen-bond donors (Lipinski definition) is 0. The smallest absolute Gasteiger partial charge is 0.126 e. The highest BCUT2D eigenvalue weighted by Gasteiger charge is 2.24. The van der Waals surface area contributed by atoms with Crippen molar-refractivity contribution in [2.45, 2.75) is 26.3 Å². The summed E-state index contributed by atoms with van der Waals surface area (Å²) in [7, 11) is 0. The molecule has 0 amide bonds. The number of halogens is 3. The second-order valence-electron chi connectivity index (χ2n) is 3.55. The van der Waals surface area contributed by atoms with Gasteiger partial charge < -0.3 is 0 Å². The molecule has 0 fully saturated rings. The van der Waals surface area contributed by atoms with Crippen LogP contribution < -0.4 is 0 Å². The molecule has 0 unspecified atom stereocenters. The van der Waals surface area contributed by atoms with Gasteiger partial charge in [0, 0.05) is 0 Å². The SMILES string of the molecule is Cc1ccc(C)c(CC[Si](Cl)(Cl)Cl)c1. The van der Waals surface area contributed by atoms with Crippen LogP contribution in [0.2, 0.25) is 6.04 Å². The van der Waals surface area contributed by atoms with Gasteiger partial charge in [-0.1, -0.05) is 23.8 Å². The Morgan fingerprint density at radius 3 is 2.36 bits per heavy atom. The Hall–Kier alpha value is 0.307. The van der Waals surface area contributed by atoms with Gasteiger partial charge in [-0.3, -0.25) is 0 Å². The average molecular weight is 268 g/mol. The lowest BCUT2D eigenvalue weighted by molar-refractivity contribution is 1.09. The van der Waals surface area contributed by atoms with E-state index in [-0.39, 0.29) is 0 Å². The molecule has 0 bridgehead atoms. The molecule has 0 radical (unpaired) electrons. The highest BCUT2D eigenvalue weighted by atomic mass is 35.8. The molecule has 78 valence electrons. The molecule has 0 saturated carbocycles. The average Bonchev–Trinajstić information content (AvgIpc) is 2.05. The Morgan fingerprint density at radius 1 is 1.14 bits per heavy atom. The summed E-state index contributed by atoms with van der Waals surface area (Å²) in [5.74, 6) is 0. The molecule has 0 aliphatic carbocycles. The lowest BCUT2D eigenvalue weighted by atomic mass is 10.0. The molecule has 0 spiro atoms. The zero-order valence-electron chi connectivity index (χ0n) is 8.28. The Labute approximate surface area is 100 Å². The first-order chi connectivity index (χ1) is 6.38. The van der Waals surface area contributed by atoms with Crippen molar-refractivity contribution >= 4 is 39.2 Å². The van der Waals surface area contributed by atoms with Crippen LogP contribution in [-0.2, 0) is 6.42 Å². The van der Waals surface area contributed by atoms with E-state index >= 15 is 0 Å². The van der Waals surface area contributed by atoms with Crippen LogP contribution in [0, 0.1) is 13.8 Å². The zero-order valence-corrected chi connectivity index (χ0v) is 11.5. The topological polar surface area (TPSA) is 0 Å². The zero-order chi connectivity index (χ0) is 10.8. The molecule has 14 heavy (non-hydrogen) atoms. The summed E-state index contributed by atoms with van der Waals surface area (Å²) in [6.07, 6.45) is 0.871. The fraction of sp³-hybridized carbons (Fsp3) is 0.400. The van der Waals surface area contributed by atoms with Gasteiger partial charge in [0.25, 0.3) is 0 Å². The molecular formula is C10H13Cl3Si. The molecule has 0 aliphatic rings. The first kappa shape index (κ1) is 12.4. The van der Waals surface area contributed by atoms with Gasteiger partial charge in [0.2, 0.25) is 0 Å². The van der Waals surface area contributed by atoms with Crippen LogP contribution >= 0.6 is 33.2 Å². The van der Waals surface area contributed by atoms with Gasteiger partial charge in [-0.2, -0.15) is 0 Å². The van der Waals surface area contributed by atoms with Gasteiger partial charge in [-0.25, -0.2) is 0 Å². The summed E-state index contributed by atoms with van der Waals surface area (Å²) in [5, 5.41) is 0. The van der Waals surface area contributed by atoms with E-state index in [1.54, 1.807) is 0 Å². The largest absolute Gasteiger partial charge is 0.341 e. The molecule has 0 atom stereocenters. The summed E-state index contributed by atoms with van der Waals surface area (Å²) in [6, 6.07) is 4.62. The first-order valence-electron chi connectivity index (χ1n) is 4.51. The van der Waals surface area contributed by atoms with E-state index in [1.807, 2.05) is 0 Å². The maximum absolute atomic E-state index is 5.84. The van der Waals surface area contributed by atoms with Crippen LogP contribution in [0.25, 0.3) is 0 Å². The van der Waals surface area contributed by atoms with E-state index < -0.39 is 6.00 Å². The summed E-state index contributed by atoms with van der Waals surface area (Å²) in [6.45, 7) is 4.17. The molecule has 0 aromatic heterocycles. The number of aryl methyl sites for hydroxylation is 3. The van der Waals surface area contributed by atoms with Crippen molar-refractivity contribution in [1.29, 1.82) is 0 Å². The highest BCUT2D eigenvalue weighted by Crippen LogP contribution is 2.27. The number of rotatable bonds is 3. The van der Waals surface area contributed by atoms with Crippen molar-refractivity contribution in [2.24, 2.45) is 0 Å². The summed E-state index contributed by atoms with van der Waals surface area (Å²) in [5.41, 5.74) is 3.83. The maximum Gasteiger partial charge on any atom is 0.341 e. The lowest BCUT2D eigenvalue weighted by Crippen LogP contribution is -2.10. The quantitative estimate of drug-likeness (QED) is 0.559.